The second kappa shape index (κ2) is 7.46. The minimum absolute atomic E-state index is 0.0248. The zero-order chi connectivity index (χ0) is 23.4. The van der Waals surface area contributed by atoms with Crippen LogP contribution in [0.15, 0.2) is 104 Å². The Balaban J connectivity index is 1.51. The molecule has 0 saturated heterocycles. The Bertz CT molecular complexity index is 1700. The van der Waals surface area contributed by atoms with E-state index >= 15 is 0 Å². The van der Waals surface area contributed by atoms with Crippen LogP contribution in [0.25, 0.3) is 45.9 Å². The molecule has 1 heteroatoms. The number of fused-ring (bicyclic) bond motifs is 4. The van der Waals surface area contributed by atoms with Gasteiger partial charge in [0.15, 0.2) is 0 Å². The smallest absolute Gasteiger partial charge is 0.0540 e. The highest BCUT2D eigenvalue weighted by Crippen LogP contribution is 2.49. The van der Waals surface area contributed by atoms with Gasteiger partial charge in [-0.15, -0.1) is 0 Å². The SMILES string of the molecule is C=C(C=c1c(=C)n(-c2ccccc2)c2ccccc12)c1ccc2c(c1)C(C)(C)c1ccccc1-2. The van der Waals surface area contributed by atoms with E-state index in [4.69, 9.17) is 0 Å². The second-order valence-electron chi connectivity index (χ2n) is 9.65. The molecule has 164 valence electrons. The van der Waals surface area contributed by atoms with Crippen molar-refractivity contribution in [3.05, 3.63) is 131 Å². The fourth-order valence-corrected chi connectivity index (χ4v) is 5.51. The Labute approximate surface area is 200 Å². The number of hydrogen-bond donors (Lipinski definition) is 0. The quantitative estimate of drug-likeness (QED) is 0.291. The van der Waals surface area contributed by atoms with E-state index in [0.717, 1.165) is 32.9 Å². The summed E-state index contributed by atoms with van der Waals surface area (Å²) in [6.45, 7) is 13.6. The maximum Gasteiger partial charge on any atom is 0.0540 e. The van der Waals surface area contributed by atoms with Crippen LogP contribution >= 0.6 is 0 Å². The van der Waals surface area contributed by atoms with Crippen molar-refractivity contribution in [1.29, 1.82) is 0 Å². The molecule has 0 unspecified atom stereocenters. The molecule has 1 nitrogen and oxygen atoms in total. The molecular weight excluding hydrogens is 410 g/mol. The maximum absolute atomic E-state index is 4.48. The molecule has 0 atom stereocenters. The highest BCUT2D eigenvalue weighted by molar-refractivity contribution is 5.94. The Morgan fingerprint density at radius 1 is 0.765 bits per heavy atom. The van der Waals surface area contributed by atoms with Gasteiger partial charge < -0.3 is 4.57 Å². The number of aromatic nitrogens is 1. The summed E-state index contributed by atoms with van der Waals surface area (Å²) in [5.74, 6) is 0. The molecule has 0 bridgehead atoms. The lowest BCUT2D eigenvalue weighted by Gasteiger charge is -2.22. The van der Waals surface area contributed by atoms with Crippen LogP contribution in [-0.4, -0.2) is 4.57 Å². The summed E-state index contributed by atoms with van der Waals surface area (Å²) in [6, 6.07) is 34.5. The van der Waals surface area contributed by atoms with Crippen LogP contribution in [0.2, 0.25) is 0 Å². The van der Waals surface area contributed by atoms with Gasteiger partial charge in [-0.1, -0.05) is 99.8 Å². The van der Waals surface area contributed by atoms with Crippen molar-refractivity contribution in [3.8, 4) is 16.8 Å². The van der Waals surface area contributed by atoms with E-state index in [2.05, 4.69) is 129 Å². The van der Waals surface area contributed by atoms with E-state index in [1.54, 1.807) is 0 Å². The van der Waals surface area contributed by atoms with Gasteiger partial charge >= 0.3 is 0 Å². The molecule has 1 aromatic heterocycles. The third-order valence-electron chi connectivity index (χ3n) is 7.30. The topological polar surface area (TPSA) is 4.93 Å². The third-order valence-corrected chi connectivity index (χ3v) is 7.30. The Hall–Kier alpha value is -4.10. The largest absolute Gasteiger partial charge is 0.310 e. The lowest BCUT2D eigenvalue weighted by Crippen LogP contribution is -2.26. The number of rotatable bonds is 3. The van der Waals surface area contributed by atoms with Crippen molar-refractivity contribution in [3.63, 3.8) is 0 Å². The maximum atomic E-state index is 4.48. The molecule has 0 aliphatic heterocycles. The monoisotopic (exact) mass is 437 g/mol. The normalized spacial score (nSPS) is 14.2. The van der Waals surface area contributed by atoms with Crippen molar-refractivity contribution in [1.82, 2.24) is 4.57 Å². The standard InChI is InChI=1S/C33H27N/c1-22(24-18-19-27-26-14-8-10-16-30(26)33(3,4)31(27)21-24)20-29-23(2)34(25-12-6-5-7-13-25)32-17-11-9-15-28(29)32/h5-21H,1-2H2,3-4H3. The summed E-state index contributed by atoms with van der Waals surface area (Å²) >= 11 is 0. The Morgan fingerprint density at radius 3 is 2.26 bits per heavy atom. The summed E-state index contributed by atoms with van der Waals surface area (Å²) in [5.41, 5.74) is 9.82. The molecule has 6 rings (SSSR count). The highest BCUT2D eigenvalue weighted by atomic mass is 15.0. The molecule has 0 saturated carbocycles. The summed E-state index contributed by atoms with van der Waals surface area (Å²) in [5, 5.41) is 3.28. The molecule has 0 radical (unpaired) electrons. The van der Waals surface area contributed by atoms with E-state index in [1.165, 1.54) is 27.6 Å². The minimum Gasteiger partial charge on any atom is -0.310 e. The minimum atomic E-state index is -0.0248. The fraction of sp³-hybridized carbons (Fsp3) is 0.0909. The van der Waals surface area contributed by atoms with Crippen LogP contribution in [0.3, 0.4) is 0 Å². The molecule has 0 N–H and O–H groups in total. The van der Waals surface area contributed by atoms with Gasteiger partial charge in [0.1, 0.15) is 0 Å². The lowest BCUT2D eigenvalue weighted by atomic mass is 9.81. The van der Waals surface area contributed by atoms with Crippen LogP contribution in [0.1, 0.15) is 30.5 Å². The van der Waals surface area contributed by atoms with E-state index < -0.39 is 0 Å². The van der Waals surface area contributed by atoms with Crippen molar-refractivity contribution in [2.24, 2.45) is 0 Å². The molecule has 4 aromatic carbocycles. The first-order chi connectivity index (χ1) is 16.5. The average Bonchev–Trinajstić information content (AvgIpc) is 3.27. The van der Waals surface area contributed by atoms with Gasteiger partial charge in [-0.2, -0.15) is 0 Å². The summed E-state index contributed by atoms with van der Waals surface area (Å²) < 4.78 is 2.23. The van der Waals surface area contributed by atoms with Crippen molar-refractivity contribution < 1.29 is 0 Å². The zero-order valence-electron chi connectivity index (χ0n) is 19.7. The Morgan fingerprint density at radius 2 is 1.44 bits per heavy atom. The summed E-state index contributed by atoms with van der Waals surface area (Å²) in [4.78, 5) is 0. The van der Waals surface area contributed by atoms with Gasteiger partial charge in [0.05, 0.1) is 5.52 Å². The van der Waals surface area contributed by atoms with Crippen molar-refractivity contribution >= 4 is 29.1 Å². The summed E-state index contributed by atoms with van der Waals surface area (Å²) in [7, 11) is 0. The molecule has 0 spiro atoms. The van der Waals surface area contributed by atoms with Gasteiger partial charge in [-0.25, -0.2) is 0 Å². The van der Waals surface area contributed by atoms with Crippen LogP contribution in [0, 0.1) is 0 Å². The second-order valence-corrected chi connectivity index (χ2v) is 9.65. The summed E-state index contributed by atoms with van der Waals surface area (Å²) in [6.07, 6.45) is 2.20. The number of nitrogens with zero attached hydrogens (tertiary/aromatic N) is 1. The number of benzene rings is 4. The highest BCUT2D eigenvalue weighted by Gasteiger charge is 2.35. The first-order valence-electron chi connectivity index (χ1n) is 11.8. The molecule has 0 fully saturated rings. The van der Waals surface area contributed by atoms with Gasteiger partial charge in [-0.05, 0) is 63.7 Å². The fourth-order valence-electron chi connectivity index (χ4n) is 5.51. The van der Waals surface area contributed by atoms with E-state index in [1.807, 2.05) is 6.07 Å². The van der Waals surface area contributed by atoms with E-state index in [9.17, 15) is 0 Å². The Kier molecular flexibility index (Phi) is 4.50. The van der Waals surface area contributed by atoms with Crippen molar-refractivity contribution in [2.75, 3.05) is 0 Å². The van der Waals surface area contributed by atoms with Crippen LogP contribution in [0.5, 0.6) is 0 Å². The molecular formula is C33H27N. The number of allylic oxidation sites excluding steroid dienone is 1. The van der Waals surface area contributed by atoms with Gasteiger partial charge in [0.2, 0.25) is 0 Å². The van der Waals surface area contributed by atoms with Gasteiger partial charge in [0, 0.05) is 27.1 Å². The van der Waals surface area contributed by atoms with Crippen LogP contribution in [0.4, 0.5) is 0 Å². The number of para-hydroxylation sites is 2. The molecule has 0 amide bonds. The van der Waals surface area contributed by atoms with Crippen LogP contribution in [-0.2, 0) is 5.41 Å². The third kappa shape index (κ3) is 2.94. The average molecular weight is 438 g/mol. The molecule has 1 aliphatic rings. The van der Waals surface area contributed by atoms with Crippen LogP contribution < -0.4 is 10.6 Å². The molecule has 5 aromatic rings. The first-order valence-corrected chi connectivity index (χ1v) is 11.8. The molecule has 34 heavy (non-hydrogen) atoms. The van der Waals surface area contributed by atoms with Crippen molar-refractivity contribution in [2.45, 2.75) is 19.3 Å². The predicted molar refractivity (Wildman–Crippen MR) is 146 cm³/mol. The molecule has 1 aliphatic carbocycles. The van der Waals surface area contributed by atoms with E-state index in [-0.39, 0.29) is 5.41 Å². The number of hydrogen-bond acceptors (Lipinski definition) is 0. The predicted octanol–water partition coefficient (Wildman–Crippen LogP) is 6.84. The zero-order valence-corrected chi connectivity index (χ0v) is 19.7. The van der Waals surface area contributed by atoms with Gasteiger partial charge in [-0.3, -0.25) is 0 Å². The van der Waals surface area contributed by atoms with Gasteiger partial charge in [0.25, 0.3) is 0 Å². The lowest BCUT2D eigenvalue weighted by molar-refractivity contribution is 0.660. The first kappa shape index (κ1) is 20.5. The molecule has 1 heterocycles. The van der Waals surface area contributed by atoms with E-state index in [0.29, 0.717) is 0 Å².